The Kier molecular flexibility index (Phi) is 5.77. The van der Waals surface area contributed by atoms with E-state index in [0.717, 1.165) is 22.6 Å². The monoisotopic (exact) mass is 433 g/mol. The summed E-state index contributed by atoms with van der Waals surface area (Å²) in [4.78, 5) is 12.6. The maximum atomic E-state index is 12.6. The van der Waals surface area contributed by atoms with Crippen LogP contribution in [0.15, 0.2) is 59.8 Å². The molecule has 0 bridgehead atoms. The van der Waals surface area contributed by atoms with Crippen LogP contribution >= 0.6 is 11.8 Å². The lowest BCUT2D eigenvalue weighted by Crippen LogP contribution is -2.17. The van der Waals surface area contributed by atoms with Crippen molar-refractivity contribution in [2.75, 3.05) is 16.9 Å². The molecule has 0 radical (unpaired) electrons. The van der Waals surface area contributed by atoms with E-state index in [1.54, 1.807) is 0 Å². The number of aryl methyl sites for hydroxylation is 2. The van der Waals surface area contributed by atoms with Crippen molar-refractivity contribution in [1.82, 2.24) is 24.7 Å². The Morgan fingerprint density at radius 1 is 1.03 bits per heavy atom. The van der Waals surface area contributed by atoms with Crippen molar-refractivity contribution in [1.29, 1.82) is 0 Å². The number of nitrogen functional groups attached to an aromatic ring is 1. The predicted octanol–water partition coefficient (Wildman–Crippen LogP) is 3.50. The molecule has 31 heavy (non-hydrogen) atoms. The van der Waals surface area contributed by atoms with Gasteiger partial charge in [-0.05, 0) is 32.9 Å². The van der Waals surface area contributed by atoms with Gasteiger partial charge in [-0.15, -0.1) is 10.2 Å². The molecule has 0 unspecified atom stereocenters. The van der Waals surface area contributed by atoms with Crippen molar-refractivity contribution in [2.24, 2.45) is 0 Å². The molecule has 0 atom stereocenters. The number of nitrogens with two attached hydrogens (primary N) is 1. The molecule has 2 heterocycles. The van der Waals surface area contributed by atoms with Crippen LogP contribution in [0.2, 0.25) is 0 Å². The number of thioether (sulfide) groups is 1. The SMILES string of the molecule is Cc1ccc(-n2nc(C)c(NC(=O)CSc3nnc(-c4ccccc4)n3N)c2C)cc1. The summed E-state index contributed by atoms with van der Waals surface area (Å²) in [6.45, 7) is 5.85. The van der Waals surface area contributed by atoms with Crippen LogP contribution in [-0.2, 0) is 4.79 Å². The lowest BCUT2D eigenvalue weighted by molar-refractivity contribution is -0.113. The van der Waals surface area contributed by atoms with Gasteiger partial charge in [0.05, 0.1) is 28.5 Å². The Morgan fingerprint density at radius 3 is 2.45 bits per heavy atom. The number of rotatable bonds is 6. The summed E-state index contributed by atoms with van der Waals surface area (Å²) in [6, 6.07) is 17.6. The molecular weight excluding hydrogens is 410 g/mol. The fourth-order valence-electron chi connectivity index (χ4n) is 3.23. The van der Waals surface area contributed by atoms with Crippen molar-refractivity contribution >= 4 is 23.4 Å². The highest BCUT2D eigenvalue weighted by molar-refractivity contribution is 7.99. The summed E-state index contributed by atoms with van der Waals surface area (Å²) in [5, 5.41) is 16.3. The fraction of sp³-hybridized carbons (Fsp3) is 0.182. The molecule has 2 aromatic carbocycles. The lowest BCUT2D eigenvalue weighted by Gasteiger charge is -2.07. The van der Waals surface area contributed by atoms with Gasteiger partial charge in [0.15, 0.2) is 5.82 Å². The number of aromatic nitrogens is 5. The smallest absolute Gasteiger partial charge is 0.234 e. The lowest BCUT2D eigenvalue weighted by atomic mass is 10.2. The van der Waals surface area contributed by atoms with E-state index in [4.69, 9.17) is 5.84 Å². The topological polar surface area (TPSA) is 104 Å². The number of nitrogens with zero attached hydrogens (tertiary/aromatic N) is 5. The van der Waals surface area contributed by atoms with E-state index in [2.05, 4.69) is 20.6 Å². The molecule has 0 aliphatic rings. The van der Waals surface area contributed by atoms with Crippen LogP contribution in [0.1, 0.15) is 17.0 Å². The van der Waals surface area contributed by atoms with Gasteiger partial charge in [-0.3, -0.25) is 4.79 Å². The van der Waals surface area contributed by atoms with Crippen molar-refractivity contribution < 1.29 is 4.79 Å². The average Bonchev–Trinajstić information content (AvgIpc) is 3.28. The highest BCUT2D eigenvalue weighted by Gasteiger charge is 2.17. The predicted molar refractivity (Wildman–Crippen MR) is 123 cm³/mol. The molecule has 8 nitrogen and oxygen atoms in total. The van der Waals surface area contributed by atoms with Crippen LogP contribution in [0, 0.1) is 20.8 Å². The first-order chi connectivity index (χ1) is 14.9. The minimum Gasteiger partial charge on any atom is -0.335 e. The number of benzene rings is 2. The molecule has 3 N–H and O–H groups in total. The van der Waals surface area contributed by atoms with Crippen LogP contribution in [-0.4, -0.2) is 36.3 Å². The maximum absolute atomic E-state index is 12.6. The Balaban J connectivity index is 1.44. The molecule has 4 rings (SSSR count). The second kappa shape index (κ2) is 8.65. The fourth-order valence-corrected chi connectivity index (χ4v) is 3.88. The van der Waals surface area contributed by atoms with Crippen molar-refractivity contribution in [3.63, 3.8) is 0 Å². The van der Waals surface area contributed by atoms with Gasteiger partial charge in [0.25, 0.3) is 0 Å². The average molecular weight is 434 g/mol. The van der Waals surface area contributed by atoms with Crippen LogP contribution in [0.4, 0.5) is 5.69 Å². The van der Waals surface area contributed by atoms with Crippen molar-refractivity contribution in [2.45, 2.75) is 25.9 Å². The Morgan fingerprint density at radius 2 is 1.74 bits per heavy atom. The number of hydrogen-bond donors (Lipinski definition) is 2. The third-order valence-corrected chi connectivity index (χ3v) is 5.81. The first kappa shape index (κ1) is 20.7. The summed E-state index contributed by atoms with van der Waals surface area (Å²) in [5.41, 5.74) is 5.33. The zero-order valence-electron chi connectivity index (χ0n) is 17.5. The van der Waals surface area contributed by atoms with E-state index in [0.29, 0.717) is 16.7 Å². The minimum atomic E-state index is -0.163. The number of carbonyl (C=O) groups is 1. The van der Waals surface area contributed by atoms with Crippen molar-refractivity contribution in [3.05, 3.63) is 71.5 Å². The Hall–Kier alpha value is -3.59. The van der Waals surface area contributed by atoms with Gasteiger partial charge < -0.3 is 11.2 Å². The first-order valence-electron chi connectivity index (χ1n) is 9.76. The third kappa shape index (κ3) is 4.31. The van der Waals surface area contributed by atoms with Gasteiger partial charge in [0.2, 0.25) is 11.1 Å². The van der Waals surface area contributed by atoms with Gasteiger partial charge in [0, 0.05) is 5.56 Å². The molecule has 9 heteroatoms. The first-order valence-corrected chi connectivity index (χ1v) is 10.7. The maximum Gasteiger partial charge on any atom is 0.234 e. The van der Waals surface area contributed by atoms with Crippen LogP contribution in [0.25, 0.3) is 17.1 Å². The quantitative estimate of drug-likeness (QED) is 0.356. The van der Waals surface area contributed by atoms with Crippen LogP contribution in [0.5, 0.6) is 0 Å². The number of hydrogen-bond acceptors (Lipinski definition) is 6. The molecule has 0 spiro atoms. The van der Waals surface area contributed by atoms with E-state index in [9.17, 15) is 4.79 Å². The zero-order valence-corrected chi connectivity index (χ0v) is 18.3. The normalized spacial score (nSPS) is 10.9. The number of amides is 1. The molecule has 0 saturated heterocycles. The molecule has 0 fully saturated rings. The molecular formula is C22H23N7OS. The molecule has 0 saturated carbocycles. The third-order valence-electron chi connectivity index (χ3n) is 4.86. The molecule has 2 aromatic heterocycles. The van der Waals surface area contributed by atoms with E-state index in [1.807, 2.05) is 80.1 Å². The molecule has 1 amide bonds. The summed E-state index contributed by atoms with van der Waals surface area (Å²) >= 11 is 1.23. The van der Waals surface area contributed by atoms with Gasteiger partial charge in [-0.2, -0.15) is 5.10 Å². The summed E-state index contributed by atoms with van der Waals surface area (Å²) < 4.78 is 3.24. The second-order valence-corrected chi connectivity index (χ2v) is 8.11. The summed E-state index contributed by atoms with van der Waals surface area (Å²) in [6.07, 6.45) is 0. The molecule has 158 valence electrons. The van der Waals surface area contributed by atoms with Gasteiger partial charge >= 0.3 is 0 Å². The highest BCUT2D eigenvalue weighted by atomic mass is 32.2. The minimum absolute atomic E-state index is 0.152. The largest absolute Gasteiger partial charge is 0.335 e. The van der Waals surface area contributed by atoms with Crippen LogP contribution < -0.4 is 11.2 Å². The second-order valence-electron chi connectivity index (χ2n) is 7.17. The highest BCUT2D eigenvalue weighted by Crippen LogP contribution is 2.25. The number of anilines is 1. The van der Waals surface area contributed by atoms with Gasteiger partial charge in [0.1, 0.15) is 0 Å². The summed E-state index contributed by atoms with van der Waals surface area (Å²) in [5.74, 6) is 6.67. The van der Waals surface area contributed by atoms with E-state index < -0.39 is 0 Å². The molecule has 0 aliphatic carbocycles. The summed E-state index contributed by atoms with van der Waals surface area (Å²) in [7, 11) is 0. The standard InChI is InChI=1S/C22H23N7OS/c1-14-9-11-18(12-10-14)29-16(3)20(15(2)27-29)24-19(30)13-31-22-26-25-21(28(22)23)17-7-5-4-6-8-17/h4-12H,13,23H2,1-3H3,(H,24,30). The molecule has 4 aromatic rings. The zero-order chi connectivity index (χ0) is 22.0. The van der Waals surface area contributed by atoms with Gasteiger partial charge in [-0.1, -0.05) is 59.8 Å². The number of carbonyl (C=O) groups excluding carboxylic acids is 1. The van der Waals surface area contributed by atoms with E-state index in [1.165, 1.54) is 22.0 Å². The van der Waals surface area contributed by atoms with Gasteiger partial charge in [-0.25, -0.2) is 9.36 Å². The van der Waals surface area contributed by atoms with Crippen molar-refractivity contribution in [3.8, 4) is 17.1 Å². The van der Waals surface area contributed by atoms with E-state index >= 15 is 0 Å². The van der Waals surface area contributed by atoms with Crippen LogP contribution in [0.3, 0.4) is 0 Å². The van der Waals surface area contributed by atoms with E-state index in [-0.39, 0.29) is 11.7 Å². The Bertz CT molecular complexity index is 1210. The Labute approximate surface area is 184 Å². The number of nitrogens with one attached hydrogen (secondary N) is 1. The molecule has 0 aliphatic heterocycles.